The summed E-state index contributed by atoms with van der Waals surface area (Å²) >= 11 is 0. The molecule has 1 heterocycles. The molecule has 0 aromatic carbocycles. The van der Waals surface area contributed by atoms with Crippen molar-refractivity contribution in [2.75, 3.05) is 6.61 Å². The monoisotopic (exact) mass is 238 g/mol. The van der Waals surface area contributed by atoms with E-state index in [1.165, 1.54) is 0 Å². The zero-order valence-electron chi connectivity index (χ0n) is 8.52. The normalized spacial score (nSPS) is 36.1. The first-order valence-electron chi connectivity index (χ1n) is 4.61. The Kier molecular flexibility index (Phi) is 4.59. The van der Waals surface area contributed by atoms with E-state index in [0.717, 1.165) is 6.92 Å². The third kappa shape index (κ3) is 3.11. The van der Waals surface area contributed by atoms with E-state index in [-0.39, 0.29) is 0 Å². The highest BCUT2D eigenvalue weighted by Gasteiger charge is 2.45. The maximum absolute atomic E-state index is 10.3. The van der Waals surface area contributed by atoms with Crippen LogP contribution in [0.15, 0.2) is 0 Å². The summed E-state index contributed by atoms with van der Waals surface area (Å²) in [5.74, 6) is -0.694. The second-order valence-electron chi connectivity index (χ2n) is 3.40. The van der Waals surface area contributed by atoms with Crippen LogP contribution >= 0.6 is 0 Å². The molecule has 1 fully saturated rings. The highest BCUT2D eigenvalue weighted by molar-refractivity contribution is 5.65. The second-order valence-corrected chi connectivity index (χ2v) is 3.40. The van der Waals surface area contributed by atoms with Crippen molar-refractivity contribution in [1.29, 1.82) is 0 Å². The van der Waals surface area contributed by atoms with Crippen LogP contribution < -0.4 is 0 Å². The summed E-state index contributed by atoms with van der Waals surface area (Å²) in [5.41, 5.74) is 0. The molecule has 0 spiro atoms. The highest BCUT2D eigenvalue weighted by Crippen LogP contribution is 2.22. The van der Waals surface area contributed by atoms with Crippen LogP contribution in [0.2, 0.25) is 0 Å². The van der Waals surface area contributed by atoms with Gasteiger partial charge in [0.1, 0.15) is 31.0 Å². The lowest BCUT2D eigenvalue weighted by molar-refractivity contribution is -0.286. The lowest BCUT2D eigenvalue weighted by atomic mass is 10.1. The molecule has 4 N–H and O–H groups in total. The van der Waals surface area contributed by atoms with Gasteiger partial charge in [-0.15, -0.1) is 0 Å². The molecule has 8 heteroatoms. The van der Waals surface area contributed by atoms with E-state index in [1.54, 1.807) is 0 Å². The summed E-state index contributed by atoms with van der Waals surface area (Å²) in [6, 6.07) is 0. The summed E-state index contributed by atoms with van der Waals surface area (Å²) in [6.45, 7) is 0.668. The SMILES string of the molecule is CC(=O)OOC[C@@H](O)[C@@H]1OC(O)[C@H](O)[C@H]1O. The maximum atomic E-state index is 10.3. The summed E-state index contributed by atoms with van der Waals surface area (Å²) in [4.78, 5) is 18.8. The molecular formula is C8H14O8. The number of aliphatic hydroxyl groups is 4. The first-order valence-corrected chi connectivity index (χ1v) is 4.61. The van der Waals surface area contributed by atoms with Crippen LogP contribution in [0.25, 0.3) is 0 Å². The summed E-state index contributed by atoms with van der Waals surface area (Å²) in [5, 5.41) is 37.0. The average Bonchev–Trinajstić information content (AvgIpc) is 2.45. The number of rotatable bonds is 4. The van der Waals surface area contributed by atoms with Gasteiger partial charge >= 0.3 is 5.97 Å². The lowest BCUT2D eigenvalue weighted by Crippen LogP contribution is -2.41. The third-order valence-electron chi connectivity index (χ3n) is 2.07. The molecular weight excluding hydrogens is 224 g/mol. The molecule has 1 aliphatic heterocycles. The number of aliphatic hydroxyl groups excluding tert-OH is 4. The molecule has 0 aromatic rings. The predicted molar refractivity (Wildman–Crippen MR) is 46.6 cm³/mol. The minimum absolute atomic E-state index is 0.444. The van der Waals surface area contributed by atoms with Crippen molar-refractivity contribution >= 4 is 5.97 Å². The van der Waals surface area contributed by atoms with Crippen molar-refractivity contribution in [1.82, 2.24) is 0 Å². The molecule has 0 amide bonds. The molecule has 16 heavy (non-hydrogen) atoms. The maximum Gasteiger partial charge on any atom is 0.339 e. The Balaban J connectivity index is 2.37. The van der Waals surface area contributed by atoms with Crippen LogP contribution in [0.1, 0.15) is 6.92 Å². The highest BCUT2D eigenvalue weighted by atomic mass is 17.2. The van der Waals surface area contributed by atoms with E-state index in [1.807, 2.05) is 0 Å². The van der Waals surface area contributed by atoms with E-state index < -0.39 is 43.3 Å². The van der Waals surface area contributed by atoms with Crippen LogP contribution in [0.4, 0.5) is 0 Å². The van der Waals surface area contributed by atoms with Gasteiger partial charge < -0.3 is 25.2 Å². The molecule has 0 bridgehead atoms. The second kappa shape index (κ2) is 5.53. The molecule has 0 saturated carbocycles. The standard InChI is InChI=1S/C8H14O8/c1-3(9)16-14-2-4(10)7-5(11)6(12)8(13)15-7/h4-8,10-13H,2H2,1H3/t4-,5-,6-,7+,8?/m1/s1. The van der Waals surface area contributed by atoms with Gasteiger partial charge in [0.15, 0.2) is 6.29 Å². The van der Waals surface area contributed by atoms with Crippen LogP contribution in [0, 0.1) is 0 Å². The Morgan fingerprint density at radius 2 is 2.00 bits per heavy atom. The van der Waals surface area contributed by atoms with Gasteiger partial charge in [0.2, 0.25) is 0 Å². The summed E-state index contributed by atoms with van der Waals surface area (Å²) < 4.78 is 4.69. The third-order valence-corrected chi connectivity index (χ3v) is 2.07. The first-order chi connectivity index (χ1) is 7.43. The number of ether oxygens (including phenoxy) is 1. The number of carbonyl (C=O) groups excluding carboxylic acids is 1. The molecule has 0 aliphatic carbocycles. The largest absolute Gasteiger partial charge is 0.388 e. The molecule has 0 radical (unpaired) electrons. The van der Waals surface area contributed by atoms with E-state index in [2.05, 4.69) is 9.78 Å². The molecule has 0 aromatic heterocycles. The van der Waals surface area contributed by atoms with Crippen molar-refractivity contribution in [3.63, 3.8) is 0 Å². The minimum atomic E-state index is -1.57. The Morgan fingerprint density at radius 3 is 2.44 bits per heavy atom. The Hall–Kier alpha value is -0.770. The van der Waals surface area contributed by atoms with Crippen molar-refractivity contribution < 1.29 is 39.7 Å². The van der Waals surface area contributed by atoms with E-state index in [9.17, 15) is 15.0 Å². The molecule has 94 valence electrons. The average molecular weight is 238 g/mol. The molecule has 1 unspecified atom stereocenters. The van der Waals surface area contributed by atoms with Gasteiger partial charge in [0, 0.05) is 6.92 Å². The number of hydrogen-bond donors (Lipinski definition) is 4. The summed E-state index contributed by atoms with van der Waals surface area (Å²) in [7, 11) is 0. The number of carbonyl (C=O) groups is 1. The van der Waals surface area contributed by atoms with Gasteiger partial charge in [-0.05, 0) is 0 Å². The Bertz CT molecular complexity index is 244. The van der Waals surface area contributed by atoms with Crippen molar-refractivity contribution in [2.45, 2.75) is 37.6 Å². The Morgan fingerprint density at radius 1 is 1.38 bits per heavy atom. The molecule has 1 aliphatic rings. The molecule has 1 rings (SSSR count). The fourth-order valence-electron chi connectivity index (χ4n) is 1.28. The van der Waals surface area contributed by atoms with E-state index >= 15 is 0 Å². The fraction of sp³-hybridized carbons (Fsp3) is 0.875. The van der Waals surface area contributed by atoms with Gasteiger partial charge in [0.25, 0.3) is 0 Å². The molecule has 5 atom stereocenters. The van der Waals surface area contributed by atoms with Gasteiger partial charge in [-0.1, -0.05) is 0 Å². The number of hydrogen-bond acceptors (Lipinski definition) is 8. The zero-order valence-corrected chi connectivity index (χ0v) is 8.52. The Labute approximate surface area is 90.9 Å². The molecule has 8 nitrogen and oxygen atoms in total. The summed E-state index contributed by atoms with van der Waals surface area (Å²) in [6.07, 6.45) is -7.05. The van der Waals surface area contributed by atoms with E-state index in [0.29, 0.717) is 0 Å². The fourth-order valence-corrected chi connectivity index (χ4v) is 1.28. The lowest BCUT2D eigenvalue weighted by Gasteiger charge is -2.19. The van der Waals surface area contributed by atoms with Crippen molar-refractivity contribution in [3.8, 4) is 0 Å². The van der Waals surface area contributed by atoms with Crippen LogP contribution in [-0.4, -0.2) is 63.7 Å². The molecule has 1 saturated heterocycles. The van der Waals surface area contributed by atoms with Crippen LogP contribution in [-0.2, 0) is 19.3 Å². The smallest absolute Gasteiger partial charge is 0.339 e. The van der Waals surface area contributed by atoms with Crippen LogP contribution in [0.3, 0.4) is 0 Å². The first kappa shape index (κ1) is 13.3. The van der Waals surface area contributed by atoms with Gasteiger partial charge in [0.05, 0.1) is 0 Å². The quantitative estimate of drug-likeness (QED) is 0.307. The van der Waals surface area contributed by atoms with Gasteiger partial charge in [-0.25, -0.2) is 4.79 Å². The van der Waals surface area contributed by atoms with Crippen molar-refractivity contribution in [2.24, 2.45) is 0 Å². The van der Waals surface area contributed by atoms with Crippen LogP contribution in [0.5, 0.6) is 0 Å². The van der Waals surface area contributed by atoms with Crippen molar-refractivity contribution in [3.05, 3.63) is 0 Å². The zero-order chi connectivity index (χ0) is 12.3. The van der Waals surface area contributed by atoms with E-state index in [4.69, 9.17) is 14.9 Å². The topological polar surface area (TPSA) is 126 Å². The van der Waals surface area contributed by atoms with Gasteiger partial charge in [-0.2, -0.15) is 4.89 Å². The minimum Gasteiger partial charge on any atom is -0.388 e. The van der Waals surface area contributed by atoms with Gasteiger partial charge in [-0.3, -0.25) is 4.89 Å². The predicted octanol–water partition coefficient (Wildman–Crippen LogP) is -2.72.